The summed E-state index contributed by atoms with van der Waals surface area (Å²) in [5.41, 5.74) is 0.809. The summed E-state index contributed by atoms with van der Waals surface area (Å²) < 4.78 is 12.8. The number of carbonyl (C=O) groups is 1. The minimum atomic E-state index is -0.305. The molecule has 1 atom stereocenters. The number of benzene rings is 1. The third-order valence-corrected chi connectivity index (χ3v) is 3.79. The van der Waals surface area contributed by atoms with Crippen molar-refractivity contribution in [3.63, 3.8) is 0 Å². The molecule has 1 heterocycles. The Labute approximate surface area is 108 Å². The van der Waals surface area contributed by atoms with Gasteiger partial charge in [0.25, 0.3) is 5.91 Å². The van der Waals surface area contributed by atoms with E-state index in [2.05, 4.69) is 20.8 Å². The molecule has 0 bridgehead atoms. The fourth-order valence-corrected chi connectivity index (χ4v) is 2.43. The van der Waals surface area contributed by atoms with Crippen molar-refractivity contribution in [2.75, 3.05) is 13.1 Å². The lowest BCUT2D eigenvalue weighted by atomic mass is 9.80. The highest BCUT2D eigenvalue weighted by atomic mass is 19.1. The lowest BCUT2D eigenvalue weighted by Gasteiger charge is -2.27. The van der Waals surface area contributed by atoms with Gasteiger partial charge in [0.15, 0.2) is 0 Å². The summed E-state index contributed by atoms with van der Waals surface area (Å²) in [4.78, 5) is 14.1. The van der Waals surface area contributed by atoms with Crippen molar-refractivity contribution >= 4 is 5.91 Å². The van der Waals surface area contributed by atoms with Gasteiger partial charge in [-0.05, 0) is 42.0 Å². The summed E-state index contributed by atoms with van der Waals surface area (Å²) in [7, 11) is 0. The Morgan fingerprint density at radius 3 is 2.39 bits per heavy atom. The minimum absolute atomic E-state index is 0.0155. The predicted octanol–water partition coefficient (Wildman–Crippen LogP) is 3.33. The van der Waals surface area contributed by atoms with Crippen LogP contribution < -0.4 is 0 Å². The summed E-state index contributed by atoms with van der Waals surface area (Å²) in [5.74, 6) is 0.254. The van der Waals surface area contributed by atoms with Crippen molar-refractivity contribution in [2.45, 2.75) is 27.2 Å². The highest BCUT2D eigenvalue weighted by molar-refractivity contribution is 5.94. The molecule has 1 fully saturated rings. The number of likely N-dealkylation sites (tertiary alicyclic amines) is 1. The van der Waals surface area contributed by atoms with Crippen molar-refractivity contribution in [3.05, 3.63) is 35.6 Å². The number of rotatable bonds is 1. The normalized spacial score (nSPS) is 20.2. The molecule has 1 saturated heterocycles. The van der Waals surface area contributed by atoms with Gasteiger partial charge in [0.05, 0.1) is 0 Å². The van der Waals surface area contributed by atoms with E-state index in [1.165, 1.54) is 12.1 Å². The Morgan fingerprint density at radius 2 is 1.89 bits per heavy atom. The van der Waals surface area contributed by atoms with Crippen molar-refractivity contribution < 1.29 is 9.18 Å². The smallest absolute Gasteiger partial charge is 0.253 e. The molecular formula is C15H20FNO. The zero-order valence-corrected chi connectivity index (χ0v) is 11.2. The van der Waals surface area contributed by atoms with Gasteiger partial charge in [0.2, 0.25) is 0 Å². The molecule has 1 aromatic carbocycles. The van der Waals surface area contributed by atoms with Crippen molar-refractivity contribution in [1.82, 2.24) is 4.90 Å². The molecule has 0 radical (unpaired) electrons. The molecule has 3 heteroatoms. The highest BCUT2D eigenvalue weighted by Gasteiger charge is 2.33. The van der Waals surface area contributed by atoms with Crippen LogP contribution in [0.25, 0.3) is 0 Å². The zero-order valence-electron chi connectivity index (χ0n) is 11.2. The number of nitrogens with zero attached hydrogens (tertiary/aromatic N) is 1. The monoisotopic (exact) mass is 249 g/mol. The van der Waals surface area contributed by atoms with Gasteiger partial charge in [0, 0.05) is 18.7 Å². The molecule has 2 nitrogen and oxygen atoms in total. The summed E-state index contributed by atoms with van der Waals surface area (Å²) in [6.45, 7) is 8.24. The van der Waals surface area contributed by atoms with Crippen LogP contribution in [0.1, 0.15) is 37.6 Å². The molecule has 1 aliphatic heterocycles. The van der Waals surface area contributed by atoms with Crippen LogP contribution in [-0.2, 0) is 0 Å². The summed E-state index contributed by atoms with van der Waals surface area (Å²) in [5, 5.41) is 0. The van der Waals surface area contributed by atoms with Gasteiger partial charge in [-0.15, -0.1) is 0 Å². The first-order valence-electron chi connectivity index (χ1n) is 6.43. The molecule has 2 rings (SSSR count). The van der Waals surface area contributed by atoms with Crippen LogP contribution in [0.2, 0.25) is 0 Å². The molecule has 0 N–H and O–H groups in total. The zero-order chi connectivity index (χ0) is 13.3. The Hall–Kier alpha value is -1.38. The molecule has 0 aliphatic carbocycles. The van der Waals surface area contributed by atoms with E-state index >= 15 is 0 Å². The Balaban J connectivity index is 2.06. The first-order valence-corrected chi connectivity index (χ1v) is 6.43. The van der Waals surface area contributed by atoms with Crippen molar-refractivity contribution in [1.29, 1.82) is 0 Å². The maximum Gasteiger partial charge on any atom is 0.253 e. The van der Waals surface area contributed by atoms with Gasteiger partial charge in [0.1, 0.15) is 5.82 Å². The van der Waals surface area contributed by atoms with Gasteiger partial charge < -0.3 is 4.90 Å². The molecule has 18 heavy (non-hydrogen) atoms. The van der Waals surface area contributed by atoms with Gasteiger partial charge in [-0.1, -0.05) is 20.8 Å². The Bertz CT molecular complexity index is 433. The fraction of sp³-hybridized carbons (Fsp3) is 0.533. The molecule has 0 aromatic heterocycles. The number of carbonyl (C=O) groups excluding carboxylic acids is 1. The van der Waals surface area contributed by atoms with Gasteiger partial charge >= 0.3 is 0 Å². The summed E-state index contributed by atoms with van der Waals surface area (Å²) >= 11 is 0. The van der Waals surface area contributed by atoms with Crippen LogP contribution >= 0.6 is 0 Å². The first kappa shape index (κ1) is 13.1. The Morgan fingerprint density at radius 1 is 1.28 bits per heavy atom. The van der Waals surface area contributed by atoms with Crippen LogP contribution in [-0.4, -0.2) is 23.9 Å². The van der Waals surface area contributed by atoms with E-state index in [0.29, 0.717) is 11.5 Å². The van der Waals surface area contributed by atoms with Crippen LogP contribution in [0.15, 0.2) is 24.3 Å². The van der Waals surface area contributed by atoms with Crippen LogP contribution in [0.4, 0.5) is 4.39 Å². The molecule has 1 aliphatic rings. The molecule has 0 spiro atoms. The topological polar surface area (TPSA) is 20.3 Å². The van der Waals surface area contributed by atoms with E-state index in [-0.39, 0.29) is 17.1 Å². The van der Waals surface area contributed by atoms with E-state index in [1.54, 1.807) is 12.1 Å². The second-order valence-electron chi connectivity index (χ2n) is 6.11. The lowest BCUT2D eigenvalue weighted by molar-refractivity contribution is 0.0776. The fourth-order valence-electron chi connectivity index (χ4n) is 2.43. The highest BCUT2D eigenvalue weighted by Crippen LogP contribution is 2.34. The molecule has 0 saturated carbocycles. The minimum Gasteiger partial charge on any atom is -0.338 e. The van der Waals surface area contributed by atoms with Gasteiger partial charge in [-0.3, -0.25) is 4.79 Å². The Kier molecular flexibility index (Phi) is 3.42. The number of hydrogen-bond donors (Lipinski definition) is 0. The van der Waals surface area contributed by atoms with Crippen LogP contribution in [0.5, 0.6) is 0 Å². The molecule has 1 amide bonds. The van der Waals surface area contributed by atoms with E-state index < -0.39 is 0 Å². The SMILES string of the molecule is CC(C)(C)C1CCN(C(=O)c2ccc(F)cc2)C1. The second-order valence-corrected chi connectivity index (χ2v) is 6.11. The number of hydrogen-bond acceptors (Lipinski definition) is 1. The summed E-state index contributed by atoms with van der Waals surface area (Å²) in [6.07, 6.45) is 1.05. The van der Waals surface area contributed by atoms with Crippen molar-refractivity contribution in [2.24, 2.45) is 11.3 Å². The average molecular weight is 249 g/mol. The third-order valence-electron chi connectivity index (χ3n) is 3.79. The number of halogens is 1. The molecule has 1 aromatic rings. The van der Waals surface area contributed by atoms with E-state index in [9.17, 15) is 9.18 Å². The largest absolute Gasteiger partial charge is 0.338 e. The van der Waals surface area contributed by atoms with E-state index in [1.807, 2.05) is 4.90 Å². The maximum atomic E-state index is 12.8. The average Bonchev–Trinajstić information content (AvgIpc) is 2.78. The lowest BCUT2D eigenvalue weighted by Crippen LogP contribution is -2.31. The first-order chi connectivity index (χ1) is 8.38. The van der Waals surface area contributed by atoms with Crippen molar-refractivity contribution in [3.8, 4) is 0 Å². The van der Waals surface area contributed by atoms with Gasteiger partial charge in [-0.25, -0.2) is 4.39 Å². The van der Waals surface area contributed by atoms with E-state index in [4.69, 9.17) is 0 Å². The maximum absolute atomic E-state index is 12.8. The van der Waals surface area contributed by atoms with Gasteiger partial charge in [-0.2, -0.15) is 0 Å². The second kappa shape index (κ2) is 4.71. The molecule has 1 unspecified atom stereocenters. The van der Waals surface area contributed by atoms with Crippen LogP contribution in [0.3, 0.4) is 0 Å². The van der Waals surface area contributed by atoms with E-state index in [0.717, 1.165) is 19.5 Å². The third kappa shape index (κ3) is 2.71. The number of amides is 1. The predicted molar refractivity (Wildman–Crippen MR) is 69.9 cm³/mol. The quantitative estimate of drug-likeness (QED) is 0.747. The molecular weight excluding hydrogens is 229 g/mol. The summed E-state index contributed by atoms with van der Waals surface area (Å²) in [6, 6.07) is 5.79. The molecule has 98 valence electrons. The standard InChI is InChI=1S/C15H20FNO/c1-15(2,3)12-8-9-17(10-12)14(18)11-4-6-13(16)7-5-11/h4-7,12H,8-10H2,1-3H3. The van der Waals surface area contributed by atoms with Crippen LogP contribution in [0, 0.1) is 17.2 Å².